The van der Waals surface area contributed by atoms with Crippen LogP contribution in [0.5, 0.6) is 0 Å². The standard InChI is InChI=1S/C20H28N4O2S.ClH/c1-12-3-4-13-14(9-12)27-19-17(13)18(26)22-15(23-19)5-6-16(25)24-8-7-20(2,10-21)11-24;/h12H,3-11,21H2,1-2H3,(H,22,23,26);1H. The maximum atomic E-state index is 12.6. The molecule has 1 fully saturated rings. The van der Waals surface area contributed by atoms with Crippen LogP contribution in [-0.4, -0.2) is 40.4 Å². The molecule has 0 bridgehead atoms. The fraction of sp³-hybridized carbons (Fsp3) is 0.650. The van der Waals surface area contributed by atoms with E-state index in [1.165, 1.54) is 10.4 Å². The van der Waals surface area contributed by atoms with Gasteiger partial charge in [0.1, 0.15) is 10.7 Å². The van der Waals surface area contributed by atoms with Crippen molar-refractivity contribution in [3.8, 4) is 0 Å². The molecule has 28 heavy (non-hydrogen) atoms. The normalized spacial score (nSPS) is 24.2. The SMILES string of the molecule is CC1CCc2c(sc3nc(CCC(=O)N4CCC(C)(CN)C4)[nH]c(=O)c23)C1.Cl. The number of likely N-dealkylation sites (tertiary alicyclic amines) is 1. The highest BCUT2D eigenvalue weighted by atomic mass is 35.5. The summed E-state index contributed by atoms with van der Waals surface area (Å²) in [5.74, 6) is 1.41. The van der Waals surface area contributed by atoms with E-state index in [1.54, 1.807) is 11.3 Å². The molecule has 0 radical (unpaired) electrons. The highest BCUT2D eigenvalue weighted by Gasteiger charge is 2.34. The van der Waals surface area contributed by atoms with Gasteiger partial charge in [-0.1, -0.05) is 13.8 Å². The molecule has 1 aliphatic heterocycles. The summed E-state index contributed by atoms with van der Waals surface area (Å²) in [5, 5.41) is 0.773. The summed E-state index contributed by atoms with van der Waals surface area (Å²) in [6.45, 7) is 6.49. The molecule has 0 saturated carbocycles. The molecule has 3 heterocycles. The number of aromatic nitrogens is 2. The van der Waals surface area contributed by atoms with Gasteiger partial charge in [-0.2, -0.15) is 0 Å². The van der Waals surface area contributed by atoms with Crippen molar-refractivity contribution in [3.05, 3.63) is 26.6 Å². The average molecular weight is 425 g/mol. The first-order chi connectivity index (χ1) is 12.9. The molecule has 4 rings (SSSR count). The number of nitrogens with two attached hydrogens (primary N) is 1. The van der Waals surface area contributed by atoms with Crippen LogP contribution in [0.25, 0.3) is 10.2 Å². The predicted molar refractivity (Wildman–Crippen MR) is 115 cm³/mol. The van der Waals surface area contributed by atoms with Crippen molar-refractivity contribution in [1.82, 2.24) is 14.9 Å². The number of rotatable bonds is 4. The van der Waals surface area contributed by atoms with E-state index in [4.69, 9.17) is 5.73 Å². The van der Waals surface area contributed by atoms with E-state index in [2.05, 4.69) is 23.8 Å². The van der Waals surface area contributed by atoms with E-state index in [-0.39, 0.29) is 29.3 Å². The first-order valence-corrected chi connectivity index (χ1v) is 10.7. The van der Waals surface area contributed by atoms with Crippen molar-refractivity contribution >= 4 is 39.9 Å². The van der Waals surface area contributed by atoms with Crippen LogP contribution in [-0.2, 0) is 24.1 Å². The van der Waals surface area contributed by atoms with E-state index in [0.29, 0.717) is 31.1 Å². The molecule has 8 heteroatoms. The summed E-state index contributed by atoms with van der Waals surface area (Å²) in [6, 6.07) is 0. The first-order valence-electron chi connectivity index (χ1n) is 9.90. The molecular weight excluding hydrogens is 396 g/mol. The number of carbonyl (C=O) groups excluding carboxylic acids is 1. The monoisotopic (exact) mass is 424 g/mol. The largest absolute Gasteiger partial charge is 0.342 e. The van der Waals surface area contributed by atoms with Crippen LogP contribution < -0.4 is 11.3 Å². The Labute approximate surface area is 175 Å². The van der Waals surface area contributed by atoms with Crippen molar-refractivity contribution in [1.29, 1.82) is 0 Å². The van der Waals surface area contributed by atoms with Gasteiger partial charge in [-0.15, -0.1) is 23.7 Å². The zero-order chi connectivity index (χ0) is 19.2. The van der Waals surface area contributed by atoms with Crippen LogP contribution in [0.15, 0.2) is 4.79 Å². The first kappa shape index (κ1) is 21.3. The van der Waals surface area contributed by atoms with Gasteiger partial charge in [0.2, 0.25) is 5.91 Å². The summed E-state index contributed by atoms with van der Waals surface area (Å²) in [6.07, 6.45) is 4.93. The number of hydrogen-bond donors (Lipinski definition) is 2. The van der Waals surface area contributed by atoms with Crippen molar-refractivity contribution in [3.63, 3.8) is 0 Å². The molecule has 2 atom stereocenters. The zero-order valence-electron chi connectivity index (χ0n) is 16.5. The van der Waals surface area contributed by atoms with Gasteiger partial charge in [0.15, 0.2) is 0 Å². The maximum absolute atomic E-state index is 12.6. The molecule has 6 nitrogen and oxygen atoms in total. The van der Waals surface area contributed by atoms with Crippen LogP contribution in [0.4, 0.5) is 0 Å². The molecule has 0 aromatic carbocycles. The summed E-state index contributed by atoms with van der Waals surface area (Å²) >= 11 is 1.65. The van der Waals surface area contributed by atoms with Gasteiger partial charge in [0.05, 0.1) is 5.39 Å². The quantitative estimate of drug-likeness (QED) is 0.789. The van der Waals surface area contributed by atoms with Gasteiger partial charge < -0.3 is 15.6 Å². The Morgan fingerprint density at radius 1 is 1.46 bits per heavy atom. The molecule has 1 aliphatic carbocycles. The second kappa shape index (κ2) is 8.13. The number of carbonyl (C=O) groups is 1. The number of nitrogens with one attached hydrogen (secondary N) is 1. The second-order valence-corrected chi connectivity index (χ2v) is 9.71. The smallest absolute Gasteiger partial charge is 0.259 e. The van der Waals surface area contributed by atoms with Gasteiger partial charge in [-0.3, -0.25) is 9.59 Å². The summed E-state index contributed by atoms with van der Waals surface area (Å²) in [5.41, 5.74) is 7.01. The molecule has 2 aromatic heterocycles. The van der Waals surface area contributed by atoms with Gasteiger partial charge in [-0.25, -0.2) is 4.98 Å². The number of aryl methyl sites for hydroxylation is 2. The lowest BCUT2D eigenvalue weighted by Gasteiger charge is -2.22. The lowest BCUT2D eigenvalue weighted by molar-refractivity contribution is -0.130. The Morgan fingerprint density at radius 2 is 2.25 bits per heavy atom. The van der Waals surface area contributed by atoms with Gasteiger partial charge in [0, 0.05) is 30.8 Å². The van der Waals surface area contributed by atoms with Crippen LogP contribution in [0.3, 0.4) is 0 Å². The minimum atomic E-state index is -0.0496. The Kier molecular flexibility index (Phi) is 6.17. The Balaban J connectivity index is 0.00000225. The third-order valence-corrected chi connectivity index (χ3v) is 7.34. The predicted octanol–water partition coefficient (Wildman–Crippen LogP) is 2.66. The van der Waals surface area contributed by atoms with E-state index in [0.717, 1.165) is 49.0 Å². The highest BCUT2D eigenvalue weighted by molar-refractivity contribution is 7.18. The van der Waals surface area contributed by atoms with Crippen molar-refractivity contribution < 1.29 is 4.79 Å². The Morgan fingerprint density at radius 3 is 2.96 bits per heavy atom. The minimum Gasteiger partial charge on any atom is -0.342 e. The number of amides is 1. The highest BCUT2D eigenvalue weighted by Crippen LogP contribution is 2.35. The Bertz CT molecular complexity index is 940. The second-order valence-electron chi connectivity index (χ2n) is 8.62. The summed E-state index contributed by atoms with van der Waals surface area (Å²) < 4.78 is 0. The number of halogens is 1. The third-order valence-electron chi connectivity index (χ3n) is 6.19. The molecule has 1 saturated heterocycles. The van der Waals surface area contributed by atoms with Crippen LogP contribution >= 0.6 is 23.7 Å². The summed E-state index contributed by atoms with van der Waals surface area (Å²) in [7, 11) is 0. The molecule has 2 aromatic rings. The fourth-order valence-corrected chi connectivity index (χ4v) is 5.70. The number of fused-ring (bicyclic) bond motifs is 3. The lowest BCUT2D eigenvalue weighted by atomic mass is 9.89. The Hall–Kier alpha value is -1.44. The number of nitrogens with zero attached hydrogens (tertiary/aromatic N) is 2. The molecule has 0 spiro atoms. The van der Waals surface area contributed by atoms with Crippen LogP contribution in [0.2, 0.25) is 0 Å². The number of aromatic amines is 1. The number of H-pyrrole nitrogens is 1. The summed E-state index contributed by atoms with van der Waals surface area (Å²) in [4.78, 5) is 36.8. The average Bonchev–Trinajstić information content (AvgIpc) is 3.20. The fourth-order valence-electron chi connectivity index (χ4n) is 4.30. The zero-order valence-corrected chi connectivity index (χ0v) is 18.2. The molecular formula is C20H29ClN4O2S. The molecule has 3 N–H and O–H groups in total. The van der Waals surface area contributed by atoms with Gasteiger partial charge in [-0.05, 0) is 49.1 Å². The van der Waals surface area contributed by atoms with Gasteiger partial charge in [0.25, 0.3) is 5.56 Å². The maximum Gasteiger partial charge on any atom is 0.259 e. The molecule has 1 amide bonds. The third kappa shape index (κ3) is 3.98. The number of thiophene rings is 1. The van der Waals surface area contributed by atoms with Crippen molar-refractivity contribution in [2.45, 2.75) is 52.4 Å². The van der Waals surface area contributed by atoms with Crippen LogP contribution in [0, 0.1) is 11.3 Å². The number of hydrogen-bond acceptors (Lipinski definition) is 5. The topological polar surface area (TPSA) is 92.1 Å². The van der Waals surface area contributed by atoms with E-state index in [9.17, 15) is 9.59 Å². The lowest BCUT2D eigenvalue weighted by Crippen LogP contribution is -2.34. The van der Waals surface area contributed by atoms with Crippen molar-refractivity contribution in [2.24, 2.45) is 17.1 Å². The van der Waals surface area contributed by atoms with E-state index < -0.39 is 0 Å². The molecule has 2 aliphatic rings. The minimum absolute atomic E-state index is 0. The van der Waals surface area contributed by atoms with Crippen LogP contribution in [0.1, 0.15) is 49.4 Å². The molecule has 2 unspecified atom stereocenters. The van der Waals surface area contributed by atoms with Gasteiger partial charge >= 0.3 is 0 Å². The van der Waals surface area contributed by atoms with E-state index in [1.807, 2.05) is 4.90 Å². The molecule has 154 valence electrons. The van der Waals surface area contributed by atoms with E-state index >= 15 is 0 Å². The van der Waals surface area contributed by atoms with Crippen molar-refractivity contribution in [2.75, 3.05) is 19.6 Å².